The van der Waals surface area contributed by atoms with Crippen LogP contribution >= 0.6 is 50.7 Å². The molecule has 5 nitrogen and oxygen atoms in total. The van der Waals surface area contributed by atoms with Crippen LogP contribution in [0.2, 0.25) is 15.1 Å². The Hall–Kier alpha value is -0.730. The molecule has 0 unspecified atom stereocenters. The summed E-state index contributed by atoms with van der Waals surface area (Å²) < 4.78 is 27.3. The Morgan fingerprint density at radius 3 is 2.14 bits per heavy atom. The topological polar surface area (TPSA) is 79.0 Å². The lowest BCUT2D eigenvalue weighted by Gasteiger charge is -2.11. The first-order chi connectivity index (χ1) is 9.70. The fourth-order valence-electron chi connectivity index (χ4n) is 1.43. The summed E-state index contributed by atoms with van der Waals surface area (Å²) in [5, 5.41) is -0.00665. The van der Waals surface area contributed by atoms with Crippen molar-refractivity contribution in [2.75, 3.05) is 4.72 Å². The summed E-state index contributed by atoms with van der Waals surface area (Å²) in [6, 6.07) is 4.01. The second kappa shape index (κ2) is 6.18. The van der Waals surface area contributed by atoms with Crippen molar-refractivity contribution in [1.82, 2.24) is 4.98 Å². The average molecular weight is 433 g/mol. The molecule has 2 rings (SSSR count). The molecule has 0 amide bonds. The predicted octanol–water partition coefficient (Wildman–Crippen LogP) is 3.90. The molecule has 112 valence electrons. The number of H-pyrrole nitrogens is 1. The van der Waals surface area contributed by atoms with Crippen LogP contribution in [0.3, 0.4) is 0 Å². The molecule has 0 saturated heterocycles. The molecule has 0 bridgehead atoms. The number of aromatic amines is 1. The Balaban J connectivity index is 2.47. The van der Waals surface area contributed by atoms with Crippen LogP contribution < -0.4 is 10.3 Å². The molecular formula is C11H6BrCl3N2O3S. The van der Waals surface area contributed by atoms with Crippen molar-refractivity contribution in [2.45, 2.75) is 4.90 Å². The molecule has 0 saturated carbocycles. The number of nitrogens with one attached hydrogen (secondary N) is 2. The molecule has 0 fully saturated rings. The van der Waals surface area contributed by atoms with Crippen LogP contribution in [-0.4, -0.2) is 13.4 Å². The van der Waals surface area contributed by atoms with Gasteiger partial charge in [0.25, 0.3) is 15.6 Å². The van der Waals surface area contributed by atoms with Crippen LogP contribution in [-0.2, 0) is 10.0 Å². The molecule has 0 aliphatic rings. The average Bonchev–Trinajstić information content (AvgIpc) is 2.37. The second-order valence-corrected chi connectivity index (χ2v) is 7.68. The third-order valence-electron chi connectivity index (χ3n) is 2.39. The Kier molecular flexibility index (Phi) is 4.89. The normalized spacial score (nSPS) is 11.4. The van der Waals surface area contributed by atoms with E-state index in [9.17, 15) is 13.2 Å². The monoisotopic (exact) mass is 430 g/mol. The van der Waals surface area contributed by atoms with Gasteiger partial charge < -0.3 is 4.98 Å². The number of sulfonamides is 1. The maximum absolute atomic E-state index is 12.2. The lowest BCUT2D eigenvalue weighted by Crippen LogP contribution is -2.16. The third-order valence-corrected chi connectivity index (χ3v) is 5.05. The quantitative estimate of drug-likeness (QED) is 0.772. The summed E-state index contributed by atoms with van der Waals surface area (Å²) in [4.78, 5) is 13.2. The number of pyridine rings is 1. The SMILES string of the molecule is O=c1[nH]cc(S(=O)(=O)Nc2c(Cl)cc(Br)cc2Cl)cc1Cl. The van der Waals surface area contributed by atoms with Gasteiger partial charge >= 0.3 is 0 Å². The van der Waals surface area contributed by atoms with E-state index in [1.165, 1.54) is 12.1 Å². The molecule has 1 aromatic heterocycles. The van der Waals surface area contributed by atoms with E-state index in [2.05, 4.69) is 25.6 Å². The third kappa shape index (κ3) is 3.73. The molecule has 0 aliphatic heterocycles. The zero-order valence-electron chi connectivity index (χ0n) is 9.95. The van der Waals surface area contributed by atoms with Gasteiger partial charge in [-0.05, 0) is 18.2 Å². The minimum atomic E-state index is -4.00. The summed E-state index contributed by atoms with van der Waals surface area (Å²) in [5.41, 5.74) is -0.556. The first-order valence-electron chi connectivity index (χ1n) is 5.26. The van der Waals surface area contributed by atoms with Crippen LogP contribution in [0.25, 0.3) is 0 Å². The van der Waals surface area contributed by atoms with Crippen LogP contribution in [0.1, 0.15) is 0 Å². The van der Waals surface area contributed by atoms with Crippen molar-refractivity contribution in [3.63, 3.8) is 0 Å². The van der Waals surface area contributed by atoms with Gasteiger partial charge in [0.15, 0.2) is 0 Å². The van der Waals surface area contributed by atoms with Crippen molar-refractivity contribution in [2.24, 2.45) is 0 Å². The van der Waals surface area contributed by atoms with Crippen LogP contribution in [0, 0.1) is 0 Å². The zero-order chi connectivity index (χ0) is 15.8. The number of rotatable bonds is 3. The summed E-state index contributed by atoms with van der Waals surface area (Å²) >= 11 is 20.7. The minimum absolute atomic E-state index is 0.0313. The van der Waals surface area contributed by atoms with E-state index in [1.807, 2.05) is 0 Å². The molecular weight excluding hydrogens is 426 g/mol. The lowest BCUT2D eigenvalue weighted by atomic mass is 10.3. The van der Waals surface area contributed by atoms with Crippen molar-refractivity contribution in [3.05, 3.63) is 54.3 Å². The van der Waals surface area contributed by atoms with Gasteiger partial charge in [-0.1, -0.05) is 50.7 Å². The van der Waals surface area contributed by atoms with E-state index in [-0.39, 0.29) is 25.7 Å². The Morgan fingerprint density at radius 2 is 1.62 bits per heavy atom. The number of benzene rings is 1. The summed E-state index contributed by atoms with van der Waals surface area (Å²) in [7, 11) is -4.00. The number of aromatic nitrogens is 1. The molecule has 21 heavy (non-hydrogen) atoms. The first-order valence-corrected chi connectivity index (χ1v) is 8.67. The second-order valence-electron chi connectivity index (χ2n) is 3.86. The smallest absolute Gasteiger partial charge is 0.266 e. The molecule has 0 spiro atoms. The summed E-state index contributed by atoms with van der Waals surface area (Å²) in [6.07, 6.45) is 1.03. The minimum Gasteiger partial charge on any atom is -0.326 e. The van der Waals surface area contributed by atoms with E-state index in [0.29, 0.717) is 4.47 Å². The van der Waals surface area contributed by atoms with Crippen LogP contribution in [0.15, 0.2) is 38.6 Å². The molecule has 10 heteroatoms. The molecule has 2 N–H and O–H groups in total. The molecule has 0 radical (unpaired) electrons. The van der Waals surface area contributed by atoms with E-state index in [1.54, 1.807) is 0 Å². The standard InChI is InChI=1S/C11H6BrCl3N2O3S/c12-5-1-7(13)10(8(14)2-5)17-21(19,20)6-3-9(15)11(18)16-4-6/h1-4,17H,(H,16,18). The Bertz CT molecular complexity index is 844. The highest BCUT2D eigenvalue weighted by Crippen LogP contribution is 2.35. The summed E-state index contributed by atoms with van der Waals surface area (Å²) in [5.74, 6) is 0. The van der Waals surface area contributed by atoms with E-state index in [0.717, 1.165) is 12.3 Å². The Morgan fingerprint density at radius 1 is 1.05 bits per heavy atom. The van der Waals surface area contributed by atoms with Gasteiger partial charge in [-0.2, -0.15) is 0 Å². The van der Waals surface area contributed by atoms with Crippen LogP contribution in [0.5, 0.6) is 0 Å². The highest BCUT2D eigenvalue weighted by molar-refractivity contribution is 9.10. The van der Waals surface area contributed by atoms with Gasteiger partial charge in [-0.25, -0.2) is 8.42 Å². The van der Waals surface area contributed by atoms with Gasteiger partial charge in [-0.3, -0.25) is 9.52 Å². The molecule has 1 heterocycles. The Labute approximate surface area is 143 Å². The van der Waals surface area contributed by atoms with E-state index < -0.39 is 15.6 Å². The van der Waals surface area contributed by atoms with Crippen molar-refractivity contribution in [1.29, 1.82) is 0 Å². The zero-order valence-corrected chi connectivity index (χ0v) is 14.6. The highest BCUT2D eigenvalue weighted by atomic mass is 79.9. The van der Waals surface area contributed by atoms with E-state index >= 15 is 0 Å². The van der Waals surface area contributed by atoms with Gasteiger partial charge in [0.05, 0.1) is 15.7 Å². The van der Waals surface area contributed by atoms with Crippen LogP contribution in [0.4, 0.5) is 5.69 Å². The first kappa shape index (κ1) is 16.6. The van der Waals surface area contributed by atoms with Crippen molar-refractivity contribution < 1.29 is 8.42 Å². The fraction of sp³-hybridized carbons (Fsp3) is 0. The van der Waals surface area contributed by atoms with Gasteiger partial charge in [-0.15, -0.1) is 0 Å². The molecule has 0 aliphatic carbocycles. The number of hydrogen-bond donors (Lipinski definition) is 2. The molecule has 0 atom stereocenters. The van der Waals surface area contributed by atoms with Gasteiger partial charge in [0, 0.05) is 10.7 Å². The maximum Gasteiger partial charge on any atom is 0.266 e. The van der Waals surface area contributed by atoms with Crippen molar-refractivity contribution in [3.8, 4) is 0 Å². The van der Waals surface area contributed by atoms with Gasteiger partial charge in [0.2, 0.25) is 0 Å². The molecule has 1 aromatic carbocycles. The van der Waals surface area contributed by atoms with Crippen molar-refractivity contribution >= 4 is 66.4 Å². The van der Waals surface area contributed by atoms with Gasteiger partial charge in [0.1, 0.15) is 9.92 Å². The highest BCUT2D eigenvalue weighted by Gasteiger charge is 2.19. The van der Waals surface area contributed by atoms with E-state index in [4.69, 9.17) is 34.8 Å². The largest absolute Gasteiger partial charge is 0.326 e. The fourth-order valence-corrected chi connectivity index (χ4v) is 4.17. The maximum atomic E-state index is 12.2. The number of halogens is 4. The number of hydrogen-bond acceptors (Lipinski definition) is 3. The predicted molar refractivity (Wildman–Crippen MR) is 87.0 cm³/mol. The number of anilines is 1. The summed E-state index contributed by atoms with van der Waals surface area (Å²) in [6.45, 7) is 0. The molecule has 2 aromatic rings. The lowest BCUT2D eigenvalue weighted by molar-refractivity contribution is 0.600.